The number of nitrogens with zero attached hydrogens (tertiary/aromatic N) is 1. The van der Waals surface area contributed by atoms with Crippen LogP contribution in [0.5, 0.6) is 0 Å². The van der Waals surface area contributed by atoms with Gasteiger partial charge in [0.1, 0.15) is 0 Å². The molecule has 1 heteroatoms. The molecule has 0 fully saturated rings. The Hall–Kier alpha value is -5.66. The smallest absolute Gasteiger partial charge is 0.0726 e. The first-order valence-electron chi connectivity index (χ1n) is 22.2. The van der Waals surface area contributed by atoms with Crippen LogP contribution in [0.2, 0.25) is 0 Å². The van der Waals surface area contributed by atoms with Gasteiger partial charge in [-0.1, -0.05) is 157 Å². The molecule has 0 aromatic heterocycles. The first-order valence-corrected chi connectivity index (χ1v) is 22.2. The van der Waals surface area contributed by atoms with E-state index in [1.165, 1.54) is 121 Å². The van der Waals surface area contributed by atoms with Crippen molar-refractivity contribution >= 4 is 17.1 Å². The quantitative estimate of drug-likeness (QED) is 0.169. The molecule has 292 valence electrons. The Balaban J connectivity index is 1.31. The molecule has 4 aliphatic rings. The number of para-hydroxylation sites is 1. The summed E-state index contributed by atoms with van der Waals surface area (Å²) in [6, 6.07) is 56.7. The highest BCUT2D eigenvalue weighted by atomic mass is 15.1. The van der Waals surface area contributed by atoms with E-state index >= 15 is 0 Å². The van der Waals surface area contributed by atoms with Crippen LogP contribution in [0.1, 0.15) is 123 Å². The summed E-state index contributed by atoms with van der Waals surface area (Å²) in [5, 5.41) is 0. The first-order chi connectivity index (χ1) is 28.6. The van der Waals surface area contributed by atoms with Gasteiger partial charge in [0.15, 0.2) is 0 Å². The Bertz CT molecular complexity index is 2770. The van der Waals surface area contributed by atoms with E-state index in [0.29, 0.717) is 5.92 Å². The summed E-state index contributed by atoms with van der Waals surface area (Å²) in [4.78, 5) is 2.67. The van der Waals surface area contributed by atoms with Crippen LogP contribution in [0.15, 0.2) is 146 Å². The monoisotopic (exact) mass is 765 g/mol. The van der Waals surface area contributed by atoms with Gasteiger partial charge in [0.05, 0.1) is 11.1 Å². The third-order valence-corrected chi connectivity index (χ3v) is 14.9. The largest absolute Gasteiger partial charge is 0.310 e. The number of fused-ring (bicyclic) bond motifs is 12. The van der Waals surface area contributed by atoms with E-state index < -0.39 is 5.41 Å². The van der Waals surface area contributed by atoms with E-state index in [2.05, 4.69) is 192 Å². The molecule has 0 saturated heterocycles. The normalized spacial score (nSPS) is 17.1. The van der Waals surface area contributed by atoms with E-state index in [-0.39, 0.29) is 10.8 Å². The average molecular weight is 766 g/mol. The maximum absolute atomic E-state index is 2.67. The second-order valence-corrected chi connectivity index (χ2v) is 19.5. The molecule has 0 unspecified atom stereocenters. The Morgan fingerprint density at radius 2 is 0.966 bits per heavy atom. The molecule has 11 rings (SSSR count). The molecular weight excluding hydrogens is 711 g/mol. The van der Waals surface area contributed by atoms with Crippen molar-refractivity contribution in [3.8, 4) is 33.4 Å². The number of rotatable bonds is 5. The minimum Gasteiger partial charge on any atom is -0.310 e. The van der Waals surface area contributed by atoms with Crippen LogP contribution in [0.25, 0.3) is 33.4 Å². The molecular formula is C58H55N. The Kier molecular flexibility index (Phi) is 8.13. The van der Waals surface area contributed by atoms with Crippen LogP contribution >= 0.6 is 0 Å². The van der Waals surface area contributed by atoms with Crippen LogP contribution < -0.4 is 4.90 Å². The predicted molar refractivity (Wildman–Crippen MR) is 249 cm³/mol. The van der Waals surface area contributed by atoms with Crippen LogP contribution in [-0.4, -0.2) is 0 Å². The summed E-state index contributed by atoms with van der Waals surface area (Å²) >= 11 is 0. The number of hydrogen-bond acceptors (Lipinski definition) is 1. The highest BCUT2D eigenvalue weighted by Crippen LogP contribution is 2.65. The molecule has 0 radical (unpaired) electrons. The second-order valence-electron chi connectivity index (χ2n) is 19.5. The van der Waals surface area contributed by atoms with Crippen molar-refractivity contribution in [3.05, 3.63) is 196 Å². The lowest BCUT2D eigenvalue weighted by Gasteiger charge is -2.43. The summed E-state index contributed by atoms with van der Waals surface area (Å²) in [7, 11) is 0. The van der Waals surface area contributed by atoms with E-state index in [1.54, 1.807) is 5.56 Å². The molecule has 0 bridgehead atoms. The third kappa shape index (κ3) is 5.22. The fourth-order valence-corrected chi connectivity index (χ4v) is 11.9. The van der Waals surface area contributed by atoms with Crippen molar-refractivity contribution in [2.45, 2.75) is 102 Å². The lowest BCUT2D eigenvalue weighted by molar-refractivity contribution is 0.333. The number of anilines is 3. The second kappa shape index (κ2) is 13.2. The molecule has 0 saturated carbocycles. The molecule has 7 aromatic carbocycles. The van der Waals surface area contributed by atoms with Crippen molar-refractivity contribution in [2.75, 3.05) is 4.90 Å². The molecule has 0 N–H and O–H groups in total. The van der Waals surface area contributed by atoms with Gasteiger partial charge in [-0.2, -0.15) is 0 Å². The molecule has 0 heterocycles. The van der Waals surface area contributed by atoms with Gasteiger partial charge in [0, 0.05) is 16.9 Å². The van der Waals surface area contributed by atoms with Crippen molar-refractivity contribution in [2.24, 2.45) is 0 Å². The van der Waals surface area contributed by atoms with Crippen molar-refractivity contribution in [1.82, 2.24) is 0 Å². The van der Waals surface area contributed by atoms with E-state index in [1.807, 2.05) is 0 Å². The minimum atomic E-state index is -0.442. The summed E-state index contributed by atoms with van der Waals surface area (Å²) in [5.41, 5.74) is 24.5. The third-order valence-electron chi connectivity index (χ3n) is 14.9. The predicted octanol–water partition coefficient (Wildman–Crippen LogP) is 15.5. The molecule has 7 aromatic rings. The molecule has 59 heavy (non-hydrogen) atoms. The standard InChI is InChI=1S/C58H55N/c1-37(2)45-33-38-19-10-11-20-39(38)34-53(45)59(40-21-8-7-9-22-40)54-36-52-46(35-47(54)44-26-18-30-51-55(44)57(5,6)32-31-56(51,3)4)43-25-14-17-29-50(43)58(52)48-27-15-12-23-41(48)42-24-13-16-28-49(42)58/h7-9,12-18,21-30,33-37H,10-11,19-20,31-32H2,1-6H3. The highest BCUT2D eigenvalue weighted by molar-refractivity contribution is 6.01. The van der Waals surface area contributed by atoms with Gasteiger partial charge in [-0.15, -0.1) is 0 Å². The summed E-state index contributed by atoms with van der Waals surface area (Å²) in [6.45, 7) is 14.7. The minimum absolute atomic E-state index is 0.0205. The summed E-state index contributed by atoms with van der Waals surface area (Å²) in [5.74, 6) is 0.356. The van der Waals surface area contributed by atoms with Gasteiger partial charge < -0.3 is 4.90 Å². The lowest BCUT2D eigenvalue weighted by Crippen LogP contribution is -2.34. The van der Waals surface area contributed by atoms with Gasteiger partial charge in [0.25, 0.3) is 0 Å². The Morgan fingerprint density at radius 3 is 1.59 bits per heavy atom. The lowest BCUT2D eigenvalue weighted by atomic mass is 9.61. The van der Waals surface area contributed by atoms with E-state index in [9.17, 15) is 0 Å². The maximum atomic E-state index is 2.67. The van der Waals surface area contributed by atoms with Crippen LogP contribution in [0.3, 0.4) is 0 Å². The zero-order valence-corrected chi connectivity index (χ0v) is 35.6. The van der Waals surface area contributed by atoms with Gasteiger partial charge in [-0.05, 0) is 163 Å². The Morgan fingerprint density at radius 1 is 0.441 bits per heavy atom. The fourth-order valence-electron chi connectivity index (χ4n) is 11.9. The Labute approximate surface area is 351 Å². The van der Waals surface area contributed by atoms with E-state index in [0.717, 1.165) is 12.8 Å². The highest BCUT2D eigenvalue weighted by Gasteiger charge is 2.52. The van der Waals surface area contributed by atoms with Gasteiger partial charge in [0.2, 0.25) is 0 Å². The fraction of sp³-hybridized carbons (Fsp3) is 0.276. The molecule has 4 aliphatic carbocycles. The number of hydrogen-bond donors (Lipinski definition) is 0. The van der Waals surface area contributed by atoms with Gasteiger partial charge in [-0.3, -0.25) is 0 Å². The molecule has 1 spiro atoms. The molecule has 0 amide bonds. The van der Waals surface area contributed by atoms with Gasteiger partial charge in [-0.25, -0.2) is 0 Å². The molecule has 0 atom stereocenters. The van der Waals surface area contributed by atoms with Crippen molar-refractivity contribution in [3.63, 3.8) is 0 Å². The molecule has 0 aliphatic heterocycles. The molecule has 1 nitrogen and oxygen atoms in total. The summed E-state index contributed by atoms with van der Waals surface area (Å²) < 4.78 is 0. The SMILES string of the molecule is CC(C)c1cc2c(cc1N(c1ccccc1)c1cc3c(cc1-c1cccc4c1C(C)(C)CCC4(C)C)-c1ccccc1C31c3ccccc3-c3ccccc31)CCCC2. The topological polar surface area (TPSA) is 3.24 Å². The summed E-state index contributed by atoms with van der Waals surface area (Å²) in [6.07, 6.45) is 7.19. The van der Waals surface area contributed by atoms with Crippen LogP contribution in [0.4, 0.5) is 17.1 Å². The van der Waals surface area contributed by atoms with Crippen molar-refractivity contribution in [1.29, 1.82) is 0 Å². The van der Waals surface area contributed by atoms with Gasteiger partial charge >= 0.3 is 0 Å². The number of aryl methyl sites for hydroxylation is 2. The van der Waals surface area contributed by atoms with Crippen LogP contribution in [0, 0.1) is 0 Å². The number of benzene rings is 7. The zero-order chi connectivity index (χ0) is 40.3. The van der Waals surface area contributed by atoms with Crippen LogP contribution in [-0.2, 0) is 29.1 Å². The average Bonchev–Trinajstić information content (AvgIpc) is 3.72. The maximum Gasteiger partial charge on any atom is 0.0726 e. The zero-order valence-electron chi connectivity index (χ0n) is 35.6. The van der Waals surface area contributed by atoms with Crippen molar-refractivity contribution < 1.29 is 0 Å². The van der Waals surface area contributed by atoms with E-state index in [4.69, 9.17) is 0 Å². The first kappa shape index (κ1) is 36.4.